The van der Waals surface area contributed by atoms with Gasteiger partial charge in [0, 0.05) is 12.3 Å². The van der Waals surface area contributed by atoms with Crippen LogP contribution in [0, 0.1) is 18.3 Å². The van der Waals surface area contributed by atoms with Crippen LogP contribution in [-0.2, 0) is 0 Å². The molecule has 0 fully saturated rings. The predicted octanol–water partition coefficient (Wildman–Crippen LogP) is 1.56. The van der Waals surface area contributed by atoms with E-state index in [2.05, 4.69) is 21.3 Å². The second-order valence-electron chi connectivity index (χ2n) is 3.55. The summed E-state index contributed by atoms with van der Waals surface area (Å²) in [5.74, 6) is 1.17. The molecule has 6 heteroatoms. The highest BCUT2D eigenvalue weighted by atomic mass is 16.3. The SMILES string of the molecule is Cc1ncoc1-c1nnc2cc(C#N)ccn12. The molecule has 82 valence electrons. The van der Waals surface area contributed by atoms with Gasteiger partial charge in [0.05, 0.1) is 17.3 Å². The quantitative estimate of drug-likeness (QED) is 0.627. The molecule has 0 radical (unpaired) electrons. The first kappa shape index (κ1) is 9.54. The zero-order valence-corrected chi connectivity index (χ0v) is 8.95. The maximum absolute atomic E-state index is 8.80. The highest BCUT2D eigenvalue weighted by Gasteiger charge is 2.14. The molecule has 6 nitrogen and oxygen atoms in total. The number of aryl methyl sites for hydroxylation is 1. The van der Waals surface area contributed by atoms with Gasteiger partial charge in [-0.05, 0) is 13.0 Å². The molecular weight excluding hydrogens is 218 g/mol. The maximum Gasteiger partial charge on any atom is 0.206 e. The summed E-state index contributed by atoms with van der Waals surface area (Å²) in [7, 11) is 0. The lowest BCUT2D eigenvalue weighted by atomic mass is 10.3. The molecule has 17 heavy (non-hydrogen) atoms. The Morgan fingerprint density at radius 1 is 1.41 bits per heavy atom. The van der Waals surface area contributed by atoms with E-state index in [0.29, 0.717) is 22.8 Å². The Morgan fingerprint density at radius 2 is 2.29 bits per heavy atom. The molecule has 0 atom stereocenters. The lowest BCUT2D eigenvalue weighted by molar-refractivity contribution is 0.566. The summed E-state index contributed by atoms with van der Waals surface area (Å²) < 4.78 is 7.03. The molecule has 0 aliphatic rings. The van der Waals surface area contributed by atoms with Crippen LogP contribution in [0.3, 0.4) is 0 Å². The van der Waals surface area contributed by atoms with Gasteiger partial charge >= 0.3 is 0 Å². The van der Waals surface area contributed by atoms with Crippen molar-refractivity contribution < 1.29 is 4.42 Å². The second-order valence-corrected chi connectivity index (χ2v) is 3.55. The second kappa shape index (κ2) is 3.42. The monoisotopic (exact) mass is 225 g/mol. The Morgan fingerprint density at radius 3 is 3.00 bits per heavy atom. The standard InChI is InChI=1S/C11H7N5O/c1-7-10(17-6-13-7)11-15-14-9-4-8(5-12)2-3-16(9)11/h2-4,6H,1H3. The minimum absolute atomic E-state index is 0.547. The van der Waals surface area contributed by atoms with Crippen LogP contribution in [0.2, 0.25) is 0 Å². The summed E-state index contributed by atoms with van der Waals surface area (Å²) in [6.07, 6.45) is 3.11. The van der Waals surface area contributed by atoms with Crippen LogP contribution < -0.4 is 0 Å². The van der Waals surface area contributed by atoms with Crippen molar-refractivity contribution in [1.82, 2.24) is 19.6 Å². The highest BCUT2D eigenvalue weighted by Crippen LogP contribution is 2.21. The Kier molecular flexibility index (Phi) is 1.92. The minimum Gasteiger partial charge on any atom is -0.440 e. The minimum atomic E-state index is 0.547. The zero-order chi connectivity index (χ0) is 11.8. The molecule has 3 heterocycles. The van der Waals surface area contributed by atoms with E-state index in [9.17, 15) is 0 Å². The summed E-state index contributed by atoms with van der Waals surface area (Å²) in [6, 6.07) is 5.43. The van der Waals surface area contributed by atoms with Crippen molar-refractivity contribution in [3.63, 3.8) is 0 Å². The van der Waals surface area contributed by atoms with Crippen LogP contribution >= 0.6 is 0 Å². The molecule has 3 aromatic heterocycles. The molecule has 3 aromatic rings. The van der Waals surface area contributed by atoms with Crippen LogP contribution in [0.25, 0.3) is 17.2 Å². The molecule has 0 unspecified atom stereocenters. The Balaban J connectivity index is 2.27. The topological polar surface area (TPSA) is 80.0 Å². The smallest absolute Gasteiger partial charge is 0.206 e. The first-order chi connectivity index (χ1) is 8.29. The number of oxazole rings is 1. The molecular formula is C11H7N5O. The molecule has 0 aliphatic carbocycles. The molecule has 0 aromatic carbocycles. The van der Waals surface area contributed by atoms with Crippen molar-refractivity contribution in [2.75, 3.05) is 0 Å². The van der Waals surface area contributed by atoms with Crippen molar-refractivity contribution in [2.45, 2.75) is 6.92 Å². The van der Waals surface area contributed by atoms with Gasteiger partial charge in [-0.25, -0.2) is 4.98 Å². The van der Waals surface area contributed by atoms with Crippen LogP contribution in [0.5, 0.6) is 0 Å². The number of pyridine rings is 1. The number of fused-ring (bicyclic) bond motifs is 1. The third kappa shape index (κ3) is 1.37. The molecule has 0 saturated carbocycles. The molecule has 0 saturated heterocycles. The molecule has 0 spiro atoms. The zero-order valence-electron chi connectivity index (χ0n) is 8.95. The maximum atomic E-state index is 8.80. The normalized spacial score (nSPS) is 10.6. The Labute approximate surface area is 96.2 Å². The van der Waals surface area contributed by atoms with E-state index in [-0.39, 0.29) is 0 Å². The van der Waals surface area contributed by atoms with Crippen LogP contribution in [0.4, 0.5) is 0 Å². The van der Waals surface area contributed by atoms with Crippen molar-refractivity contribution in [3.8, 4) is 17.7 Å². The number of hydrogen-bond acceptors (Lipinski definition) is 5. The van der Waals surface area contributed by atoms with Gasteiger partial charge in [0.25, 0.3) is 0 Å². The molecule has 0 bridgehead atoms. The van der Waals surface area contributed by atoms with E-state index in [1.807, 2.05) is 6.92 Å². The number of rotatable bonds is 1. The fraction of sp³-hybridized carbons (Fsp3) is 0.0909. The fourth-order valence-electron chi connectivity index (χ4n) is 1.63. The van der Waals surface area contributed by atoms with Gasteiger partial charge in [0.15, 0.2) is 17.8 Å². The Bertz CT molecular complexity index is 734. The van der Waals surface area contributed by atoms with Gasteiger partial charge in [-0.1, -0.05) is 0 Å². The average molecular weight is 225 g/mol. The van der Waals surface area contributed by atoms with Crippen molar-refractivity contribution in [2.24, 2.45) is 0 Å². The number of nitriles is 1. The van der Waals surface area contributed by atoms with Gasteiger partial charge in [-0.15, -0.1) is 10.2 Å². The number of nitrogens with zero attached hydrogens (tertiary/aromatic N) is 5. The predicted molar refractivity (Wildman–Crippen MR) is 57.9 cm³/mol. The van der Waals surface area contributed by atoms with Gasteiger partial charge in [0.1, 0.15) is 0 Å². The summed E-state index contributed by atoms with van der Waals surface area (Å²) in [5, 5.41) is 16.8. The van der Waals surface area contributed by atoms with E-state index >= 15 is 0 Å². The van der Waals surface area contributed by atoms with Gasteiger partial charge in [0.2, 0.25) is 5.82 Å². The first-order valence-corrected chi connectivity index (χ1v) is 4.95. The van der Waals surface area contributed by atoms with Gasteiger partial charge < -0.3 is 4.42 Å². The van der Waals surface area contributed by atoms with E-state index in [1.54, 1.807) is 22.7 Å². The Hall–Kier alpha value is -2.68. The first-order valence-electron chi connectivity index (χ1n) is 4.95. The summed E-state index contributed by atoms with van der Waals surface area (Å²) >= 11 is 0. The molecule has 0 amide bonds. The van der Waals surface area contributed by atoms with E-state index < -0.39 is 0 Å². The largest absolute Gasteiger partial charge is 0.440 e. The van der Waals surface area contributed by atoms with E-state index in [1.165, 1.54) is 6.39 Å². The lowest BCUT2D eigenvalue weighted by Gasteiger charge is -1.96. The summed E-state index contributed by atoms with van der Waals surface area (Å²) in [6.45, 7) is 1.84. The average Bonchev–Trinajstić information content (AvgIpc) is 2.94. The van der Waals surface area contributed by atoms with Crippen molar-refractivity contribution in [1.29, 1.82) is 5.26 Å². The van der Waals surface area contributed by atoms with Crippen LogP contribution in [-0.4, -0.2) is 19.6 Å². The number of aromatic nitrogens is 4. The van der Waals surface area contributed by atoms with E-state index in [0.717, 1.165) is 5.69 Å². The molecule has 0 N–H and O–H groups in total. The lowest BCUT2D eigenvalue weighted by Crippen LogP contribution is -1.90. The van der Waals surface area contributed by atoms with E-state index in [4.69, 9.17) is 9.68 Å². The van der Waals surface area contributed by atoms with Crippen LogP contribution in [0.15, 0.2) is 29.1 Å². The summed E-state index contributed by atoms with van der Waals surface area (Å²) in [5.41, 5.74) is 1.91. The fourth-order valence-corrected chi connectivity index (χ4v) is 1.63. The third-order valence-corrected chi connectivity index (χ3v) is 2.49. The van der Waals surface area contributed by atoms with Crippen LogP contribution in [0.1, 0.15) is 11.3 Å². The molecule has 0 aliphatic heterocycles. The molecule has 3 rings (SSSR count). The number of hydrogen-bond donors (Lipinski definition) is 0. The highest BCUT2D eigenvalue weighted by molar-refractivity contribution is 5.57. The third-order valence-electron chi connectivity index (χ3n) is 2.49. The van der Waals surface area contributed by atoms with Gasteiger partial charge in [-0.2, -0.15) is 5.26 Å². The van der Waals surface area contributed by atoms with Crippen molar-refractivity contribution in [3.05, 3.63) is 36.0 Å². The van der Waals surface area contributed by atoms with Crippen molar-refractivity contribution >= 4 is 5.65 Å². The van der Waals surface area contributed by atoms with Gasteiger partial charge in [-0.3, -0.25) is 4.40 Å². The summed E-state index contributed by atoms with van der Waals surface area (Å²) in [4.78, 5) is 4.01.